The molecule has 0 spiro atoms. The van der Waals surface area contributed by atoms with Crippen molar-refractivity contribution in [3.8, 4) is 5.75 Å². The molecule has 0 fully saturated rings. The molecule has 2 amide bonds. The number of ether oxygens (including phenoxy) is 1. The van der Waals surface area contributed by atoms with E-state index >= 15 is 0 Å². The third kappa shape index (κ3) is 4.91. The Bertz CT molecular complexity index is 830. The topological polar surface area (TPSA) is 112 Å². The van der Waals surface area contributed by atoms with Crippen molar-refractivity contribution in [1.82, 2.24) is 5.43 Å². The number of methoxy groups -OCH3 is 1. The zero-order valence-electron chi connectivity index (χ0n) is 14.3. The quantitative estimate of drug-likeness (QED) is 0.419. The third-order valence-electron chi connectivity index (χ3n) is 3.37. The smallest absolute Gasteiger partial charge is 0.279 e. The van der Waals surface area contributed by atoms with Crippen LogP contribution in [0.2, 0.25) is 0 Å². The van der Waals surface area contributed by atoms with Gasteiger partial charge in [0.1, 0.15) is 5.75 Å². The molecule has 2 aromatic carbocycles. The molecule has 0 saturated heterocycles. The number of hydrogen-bond donors (Lipinski definition) is 3. The van der Waals surface area contributed by atoms with Crippen molar-refractivity contribution in [2.45, 2.75) is 6.92 Å². The minimum absolute atomic E-state index is 0.0443. The minimum Gasteiger partial charge on any atom is -0.497 e. The molecule has 0 bridgehead atoms. The maximum Gasteiger partial charge on any atom is 0.279 e. The van der Waals surface area contributed by atoms with Crippen LogP contribution < -0.4 is 15.5 Å². The van der Waals surface area contributed by atoms with E-state index in [-0.39, 0.29) is 11.4 Å². The van der Waals surface area contributed by atoms with Crippen LogP contribution in [0, 0.1) is 0 Å². The van der Waals surface area contributed by atoms with Crippen LogP contribution >= 0.6 is 0 Å². The van der Waals surface area contributed by atoms with Gasteiger partial charge in [-0.05, 0) is 43.3 Å². The van der Waals surface area contributed by atoms with Crippen LogP contribution in [-0.2, 0) is 4.79 Å². The summed E-state index contributed by atoms with van der Waals surface area (Å²) in [5, 5.41) is 18.4. The van der Waals surface area contributed by atoms with Crippen molar-refractivity contribution in [3.05, 3.63) is 60.2 Å². The molecule has 0 aromatic heterocycles. The molecule has 0 aliphatic rings. The van der Waals surface area contributed by atoms with Gasteiger partial charge in [-0.15, -0.1) is 0 Å². The van der Waals surface area contributed by atoms with Crippen molar-refractivity contribution in [2.24, 2.45) is 10.3 Å². The number of carbonyl (C=O) groups excluding carboxylic acids is 2. The second-order valence-corrected chi connectivity index (χ2v) is 5.14. The lowest BCUT2D eigenvalue weighted by Crippen LogP contribution is -2.31. The Hall–Kier alpha value is -3.68. The summed E-state index contributed by atoms with van der Waals surface area (Å²) in [5.41, 5.74) is 2.93. The molecule has 8 nitrogen and oxygen atoms in total. The zero-order chi connectivity index (χ0) is 18.9. The number of nitrogens with one attached hydrogen (secondary N) is 2. The van der Waals surface area contributed by atoms with Gasteiger partial charge < -0.3 is 15.3 Å². The van der Waals surface area contributed by atoms with Gasteiger partial charge in [0.15, 0.2) is 5.71 Å². The van der Waals surface area contributed by atoms with Gasteiger partial charge in [0, 0.05) is 11.3 Å². The van der Waals surface area contributed by atoms with Crippen LogP contribution in [-0.4, -0.2) is 35.6 Å². The van der Waals surface area contributed by atoms with Crippen LogP contribution in [0.15, 0.2) is 64.9 Å². The monoisotopic (exact) mass is 354 g/mol. The molecule has 0 saturated carbocycles. The number of anilines is 1. The molecule has 134 valence electrons. The van der Waals surface area contributed by atoms with Crippen molar-refractivity contribution in [1.29, 1.82) is 0 Å². The lowest BCUT2D eigenvalue weighted by atomic mass is 10.2. The summed E-state index contributed by atoms with van der Waals surface area (Å²) in [5.74, 6) is -0.514. The minimum atomic E-state index is -0.654. The Morgan fingerprint density at radius 3 is 2.27 bits per heavy atom. The van der Waals surface area contributed by atoms with Crippen LogP contribution in [0.5, 0.6) is 5.75 Å². The van der Waals surface area contributed by atoms with Gasteiger partial charge in [0.05, 0.1) is 12.8 Å². The highest BCUT2D eigenvalue weighted by Crippen LogP contribution is 2.11. The molecule has 0 atom stereocenters. The standard InChI is InChI=1S/C18H18N4O4/c1-12(16(22-25)18(24)19-14-6-4-3-5-7-14)20-21-17(23)13-8-10-15(26-2)11-9-13/h3-11,25H,1-2H3,(H,19,24)(H,21,23). The molecule has 8 heteroatoms. The van der Waals surface area contributed by atoms with Crippen molar-refractivity contribution in [2.75, 3.05) is 12.4 Å². The van der Waals surface area contributed by atoms with E-state index < -0.39 is 11.8 Å². The van der Waals surface area contributed by atoms with E-state index in [0.29, 0.717) is 17.0 Å². The van der Waals surface area contributed by atoms with E-state index in [1.54, 1.807) is 54.6 Å². The van der Waals surface area contributed by atoms with Gasteiger partial charge in [0.2, 0.25) is 0 Å². The van der Waals surface area contributed by atoms with E-state index in [1.165, 1.54) is 14.0 Å². The number of oxime groups is 1. The summed E-state index contributed by atoms with van der Waals surface area (Å²) in [7, 11) is 1.53. The van der Waals surface area contributed by atoms with Gasteiger partial charge in [-0.3, -0.25) is 9.59 Å². The Morgan fingerprint density at radius 2 is 1.69 bits per heavy atom. The fourth-order valence-electron chi connectivity index (χ4n) is 1.99. The average molecular weight is 354 g/mol. The SMILES string of the molecule is COc1ccc(C(=O)NN=C(C)C(=NO)C(=O)Nc2ccccc2)cc1. The molecule has 26 heavy (non-hydrogen) atoms. The zero-order valence-corrected chi connectivity index (χ0v) is 14.3. The van der Waals surface area contributed by atoms with Gasteiger partial charge >= 0.3 is 0 Å². The van der Waals surface area contributed by atoms with E-state index in [9.17, 15) is 9.59 Å². The molecule has 0 radical (unpaired) electrons. The normalized spacial score (nSPS) is 11.6. The Kier molecular flexibility index (Phi) is 6.44. The molecular formula is C18H18N4O4. The van der Waals surface area contributed by atoms with Crippen LogP contribution in [0.1, 0.15) is 17.3 Å². The van der Waals surface area contributed by atoms with E-state index in [4.69, 9.17) is 9.94 Å². The second-order valence-electron chi connectivity index (χ2n) is 5.14. The lowest BCUT2D eigenvalue weighted by molar-refractivity contribution is -0.110. The molecule has 0 aliphatic carbocycles. The molecular weight excluding hydrogens is 336 g/mol. The maximum atomic E-state index is 12.2. The summed E-state index contributed by atoms with van der Waals surface area (Å²) in [6.07, 6.45) is 0. The van der Waals surface area contributed by atoms with Crippen molar-refractivity contribution >= 4 is 28.9 Å². The number of para-hydroxylation sites is 1. The number of benzene rings is 2. The van der Waals surface area contributed by atoms with Crippen LogP contribution in [0.3, 0.4) is 0 Å². The predicted octanol–water partition coefficient (Wildman–Crippen LogP) is 2.27. The van der Waals surface area contributed by atoms with E-state index in [1.807, 2.05) is 0 Å². The van der Waals surface area contributed by atoms with E-state index in [0.717, 1.165) is 0 Å². The van der Waals surface area contributed by atoms with Crippen molar-refractivity contribution < 1.29 is 19.5 Å². The van der Waals surface area contributed by atoms with Crippen molar-refractivity contribution in [3.63, 3.8) is 0 Å². The lowest BCUT2D eigenvalue weighted by Gasteiger charge is -2.07. The fourth-order valence-corrected chi connectivity index (χ4v) is 1.99. The number of nitrogens with zero attached hydrogens (tertiary/aromatic N) is 2. The predicted molar refractivity (Wildman–Crippen MR) is 97.9 cm³/mol. The summed E-state index contributed by atoms with van der Waals surface area (Å²) in [6.45, 7) is 1.44. The number of carbonyl (C=O) groups is 2. The first-order valence-electron chi connectivity index (χ1n) is 7.62. The Labute approximate surface area is 150 Å². The van der Waals surface area contributed by atoms with E-state index in [2.05, 4.69) is 21.0 Å². The largest absolute Gasteiger partial charge is 0.497 e. The second kappa shape index (κ2) is 8.97. The van der Waals surface area contributed by atoms with Gasteiger partial charge in [-0.1, -0.05) is 23.4 Å². The molecule has 3 N–H and O–H groups in total. The molecule has 0 aliphatic heterocycles. The average Bonchev–Trinajstić information content (AvgIpc) is 2.67. The number of hydrogen-bond acceptors (Lipinski definition) is 6. The number of hydrazone groups is 1. The molecule has 0 heterocycles. The molecule has 2 aromatic rings. The Balaban J connectivity index is 2.03. The number of rotatable bonds is 6. The summed E-state index contributed by atoms with van der Waals surface area (Å²) >= 11 is 0. The summed E-state index contributed by atoms with van der Waals surface area (Å²) in [6, 6.07) is 15.1. The third-order valence-corrected chi connectivity index (χ3v) is 3.37. The van der Waals surface area contributed by atoms with Crippen LogP contribution in [0.4, 0.5) is 5.69 Å². The van der Waals surface area contributed by atoms with Gasteiger partial charge in [-0.25, -0.2) is 5.43 Å². The molecule has 0 unspecified atom stereocenters. The fraction of sp³-hybridized carbons (Fsp3) is 0.111. The highest BCUT2D eigenvalue weighted by Gasteiger charge is 2.16. The number of amides is 2. The Morgan fingerprint density at radius 1 is 1.04 bits per heavy atom. The molecule has 2 rings (SSSR count). The highest BCUT2D eigenvalue weighted by molar-refractivity contribution is 6.68. The van der Waals surface area contributed by atoms with Gasteiger partial charge in [-0.2, -0.15) is 5.10 Å². The highest BCUT2D eigenvalue weighted by atomic mass is 16.5. The maximum absolute atomic E-state index is 12.2. The first-order chi connectivity index (χ1) is 12.5. The summed E-state index contributed by atoms with van der Waals surface area (Å²) in [4.78, 5) is 24.2. The van der Waals surface area contributed by atoms with Crippen LogP contribution in [0.25, 0.3) is 0 Å². The first-order valence-corrected chi connectivity index (χ1v) is 7.62. The first kappa shape index (κ1) is 18.7. The van der Waals surface area contributed by atoms with Gasteiger partial charge in [0.25, 0.3) is 11.8 Å². The summed E-state index contributed by atoms with van der Waals surface area (Å²) < 4.78 is 5.02.